The zero-order chi connectivity index (χ0) is 18.0. The van der Waals surface area contributed by atoms with Crippen LogP contribution in [0, 0.1) is 0 Å². The van der Waals surface area contributed by atoms with Crippen LogP contribution < -0.4 is 5.43 Å². The van der Waals surface area contributed by atoms with Crippen LogP contribution in [-0.2, 0) is 9.84 Å². The third-order valence-corrected chi connectivity index (χ3v) is 6.62. The molecule has 0 bridgehead atoms. The van der Waals surface area contributed by atoms with Crippen molar-refractivity contribution in [3.05, 3.63) is 102 Å². The molecule has 0 fully saturated rings. The molecule has 1 heterocycles. The van der Waals surface area contributed by atoms with Gasteiger partial charge in [-0.1, -0.05) is 78.9 Å². The molecule has 5 heteroatoms. The minimum absolute atomic E-state index is 0.304. The monoisotopic (exact) mass is 362 g/mol. The van der Waals surface area contributed by atoms with Crippen LogP contribution >= 0.6 is 0 Å². The van der Waals surface area contributed by atoms with Gasteiger partial charge in [0.05, 0.1) is 16.6 Å². The quantitative estimate of drug-likeness (QED) is 0.772. The van der Waals surface area contributed by atoms with Crippen molar-refractivity contribution in [2.75, 3.05) is 0 Å². The summed E-state index contributed by atoms with van der Waals surface area (Å²) in [5, 5.41) is 3.63. The number of hydrogen-bond acceptors (Lipinski definition) is 4. The number of sulfone groups is 1. The van der Waals surface area contributed by atoms with Gasteiger partial charge >= 0.3 is 0 Å². The van der Waals surface area contributed by atoms with Crippen LogP contribution in [0.1, 0.15) is 17.2 Å². The second-order valence-electron chi connectivity index (χ2n) is 6.16. The van der Waals surface area contributed by atoms with Gasteiger partial charge in [-0.3, -0.25) is 0 Å². The van der Waals surface area contributed by atoms with Crippen LogP contribution in [0.4, 0.5) is 0 Å². The summed E-state index contributed by atoms with van der Waals surface area (Å²) < 4.78 is 27.0. The van der Waals surface area contributed by atoms with E-state index in [2.05, 4.69) is 10.5 Å². The highest BCUT2D eigenvalue weighted by atomic mass is 32.2. The summed E-state index contributed by atoms with van der Waals surface area (Å²) in [6.45, 7) is 0. The number of nitrogens with zero attached hydrogens (tertiary/aromatic N) is 1. The molecular weight excluding hydrogens is 344 g/mol. The van der Waals surface area contributed by atoms with Gasteiger partial charge < -0.3 is 5.43 Å². The predicted octanol–water partition coefficient (Wildman–Crippen LogP) is 3.58. The number of rotatable bonds is 4. The third-order valence-electron chi connectivity index (χ3n) is 4.53. The van der Waals surface area contributed by atoms with Crippen molar-refractivity contribution in [3.63, 3.8) is 0 Å². The Morgan fingerprint density at radius 2 is 1.27 bits per heavy atom. The number of nitrogens with one attached hydrogen (secondary N) is 1. The summed E-state index contributed by atoms with van der Waals surface area (Å²) in [4.78, 5) is 0.304. The molecule has 1 N–H and O–H groups in total. The standard InChI is InChI=1S/C21H18N2O2S/c24-26(25,18-14-8-3-9-15-18)21-19(16-10-4-1-5-11-16)22-23-20(21)17-12-6-2-7-13-17/h1-15,19,21-22H. The maximum absolute atomic E-state index is 13.5. The topological polar surface area (TPSA) is 58.5 Å². The molecule has 2 atom stereocenters. The SMILES string of the molecule is O=S(=O)(c1ccccc1)C1C(c2ccccc2)=NNC1c1ccccc1. The van der Waals surface area contributed by atoms with Crippen molar-refractivity contribution in [2.24, 2.45) is 5.10 Å². The summed E-state index contributed by atoms with van der Waals surface area (Å²) in [6, 6.07) is 27.2. The van der Waals surface area contributed by atoms with E-state index < -0.39 is 21.1 Å². The highest BCUT2D eigenvalue weighted by molar-refractivity contribution is 7.93. The number of hydrogen-bond donors (Lipinski definition) is 1. The van der Waals surface area contributed by atoms with E-state index in [0.29, 0.717) is 10.6 Å². The van der Waals surface area contributed by atoms with Gasteiger partial charge in [-0.15, -0.1) is 0 Å². The van der Waals surface area contributed by atoms with Crippen LogP contribution in [0.15, 0.2) is 101 Å². The van der Waals surface area contributed by atoms with Crippen LogP contribution in [0.25, 0.3) is 0 Å². The van der Waals surface area contributed by atoms with Gasteiger partial charge in [0.2, 0.25) is 0 Å². The highest BCUT2D eigenvalue weighted by Gasteiger charge is 2.43. The zero-order valence-electron chi connectivity index (χ0n) is 14.0. The molecule has 0 spiro atoms. The van der Waals surface area contributed by atoms with Crippen molar-refractivity contribution >= 4 is 15.5 Å². The molecule has 2 unspecified atom stereocenters. The van der Waals surface area contributed by atoms with Crippen LogP contribution in [-0.4, -0.2) is 19.4 Å². The maximum Gasteiger partial charge on any atom is 0.189 e. The van der Waals surface area contributed by atoms with E-state index in [9.17, 15) is 8.42 Å². The number of hydrazone groups is 1. The van der Waals surface area contributed by atoms with E-state index in [1.807, 2.05) is 66.7 Å². The molecule has 0 aromatic heterocycles. The van der Waals surface area contributed by atoms with Crippen LogP contribution in [0.2, 0.25) is 0 Å². The second-order valence-corrected chi connectivity index (χ2v) is 8.23. The Kier molecular flexibility index (Phi) is 4.31. The Morgan fingerprint density at radius 1 is 0.731 bits per heavy atom. The summed E-state index contributed by atoms with van der Waals surface area (Å²) >= 11 is 0. The molecule has 130 valence electrons. The van der Waals surface area contributed by atoms with E-state index >= 15 is 0 Å². The molecule has 3 aromatic carbocycles. The van der Waals surface area contributed by atoms with E-state index in [1.165, 1.54) is 0 Å². The molecule has 1 aliphatic heterocycles. The highest BCUT2D eigenvalue weighted by Crippen LogP contribution is 2.33. The Bertz CT molecular complexity index is 1020. The first-order valence-electron chi connectivity index (χ1n) is 8.40. The molecule has 0 aliphatic carbocycles. The minimum Gasteiger partial charge on any atom is -0.300 e. The maximum atomic E-state index is 13.5. The zero-order valence-corrected chi connectivity index (χ0v) is 14.8. The van der Waals surface area contributed by atoms with Gasteiger partial charge in [-0.25, -0.2) is 8.42 Å². The normalized spacial score (nSPS) is 19.6. The van der Waals surface area contributed by atoms with Gasteiger partial charge in [0, 0.05) is 0 Å². The molecule has 0 saturated heterocycles. The van der Waals surface area contributed by atoms with E-state index in [-0.39, 0.29) is 0 Å². The molecule has 3 aromatic rings. The van der Waals surface area contributed by atoms with E-state index in [4.69, 9.17) is 0 Å². The van der Waals surface area contributed by atoms with Crippen molar-refractivity contribution in [3.8, 4) is 0 Å². The van der Waals surface area contributed by atoms with Crippen molar-refractivity contribution < 1.29 is 8.42 Å². The largest absolute Gasteiger partial charge is 0.300 e. The summed E-state index contributed by atoms with van der Waals surface area (Å²) in [5.74, 6) is 0. The Morgan fingerprint density at radius 3 is 1.88 bits per heavy atom. The molecule has 0 radical (unpaired) electrons. The summed E-state index contributed by atoms with van der Waals surface area (Å²) in [5.41, 5.74) is 5.30. The van der Waals surface area contributed by atoms with Crippen LogP contribution in [0.5, 0.6) is 0 Å². The summed E-state index contributed by atoms with van der Waals surface area (Å²) in [6.07, 6.45) is 0. The molecule has 4 nitrogen and oxygen atoms in total. The summed E-state index contributed by atoms with van der Waals surface area (Å²) in [7, 11) is -3.63. The number of benzene rings is 3. The lowest BCUT2D eigenvalue weighted by atomic mass is 9.98. The van der Waals surface area contributed by atoms with Crippen LogP contribution in [0.3, 0.4) is 0 Å². The first-order valence-corrected chi connectivity index (χ1v) is 9.95. The van der Waals surface area contributed by atoms with Gasteiger partial charge in [-0.2, -0.15) is 5.10 Å². The molecule has 1 aliphatic rings. The van der Waals surface area contributed by atoms with E-state index in [0.717, 1.165) is 11.1 Å². The molecule has 0 amide bonds. The van der Waals surface area contributed by atoms with Gasteiger partial charge in [0.25, 0.3) is 0 Å². The van der Waals surface area contributed by atoms with Gasteiger partial charge in [-0.05, 0) is 23.3 Å². The lowest BCUT2D eigenvalue weighted by molar-refractivity contribution is 0.561. The Labute approximate surface area is 153 Å². The molecule has 4 rings (SSSR count). The van der Waals surface area contributed by atoms with E-state index in [1.54, 1.807) is 24.3 Å². The average Bonchev–Trinajstić information content (AvgIpc) is 3.16. The average molecular weight is 362 g/mol. The minimum atomic E-state index is -3.63. The van der Waals surface area contributed by atoms with Crippen molar-refractivity contribution in [1.29, 1.82) is 0 Å². The molecule has 26 heavy (non-hydrogen) atoms. The van der Waals surface area contributed by atoms with Crippen molar-refractivity contribution in [2.45, 2.75) is 16.2 Å². The van der Waals surface area contributed by atoms with Gasteiger partial charge in [0.1, 0.15) is 5.25 Å². The molecular formula is C21H18N2O2S. The fraction of sp³-hybridized carbons (Fsp3) is 0.0952. The third kappa shape index (κ3) is 2.91. The first-order chi connectivity index (χ1) is 12.7. The lowest BCUT2D eigenvalue weighted by Crippen LogP contribution is -2.35. The van der Waals surface area contributed by atoms with Crippen molar-refractivity contribution in [1.82, 2.24) is 5.43 Å². The van der Waals surface area contributed by atoms with Gasteiger partial charge in [0.15, 0.2) is 9.84 Å². The second kappa shape index (κ2) is 6.77. The molecule has 0 saturated carbocycles. The lowest BCUT2D eigenvalue weighted by Gasteiger charge is -2.21. The fourth-order valence-corrected chi connectivity index (χ4v) is 5.15. The Hall–Kier alpha value is -2.92. The first kappa shape index (κ1) is 16.5. The fourth-order valence-electron chi connectivity index (χ4n) is 3.26. The Balaban J connectivity index is 1.85. The smallest absolute Gasteiger partial charge is 0.189 e. The predicted molar refractivity (Wildman–Crippen MR) is 103 cm³/mol.